The first-order chi connectivity index (χ1) is 12.0. The molecule has 0 bridgehead atoms. The minimum atomic E-state index is -3.02. The number of sulfone groups is 1. The second-order valence-corrected chi connectivity index (χ2v) is 9.76. The van der Waals surface area contributed by atoms with Gasteiger partial charge in [-0.15, -0.1) is 0 Å². The van der Waals surface area contributed by atoms with Crippen LogP contribution in [0, 0.1) is 0 Å². The Morgan fingerprint density at radius 2 is 1.69 bits per heavy atom. The molecule has 1 aliphatic heterocycles. The van der Waals surface area contributed by atoms with Gasteiger partial charge < -0.3 is 15.0 Å². The fourth-order valence-corrected chi connectivity index (χ4v) is 2.84. The Bertz CT molecular complexity index is 783. The molecule has 1 fully saturated rings. The number of rotatable bonds is 6. The van der Waals surface area contributed by atoms with Crippen molar-refractivity contribution in [3.63, 3.8) is 0 Å². The highest BCUT2D eigenvalue weighted by Crippen LogP contribution is 2.36. The molecule has 2 N–H and O–H groups in total. The van der Waals surface area contributed by atoms with Crippen LogP contribution in [0.2, 0.25) is 0 Å². The van der Waals surface area contributed by atoms with Crippen molar-refractivity contribution in [2.75, 3.05) is 18.6 Å². The van der Waals surface area contributed by atoms with Crippen LogP contribution in [-0.2, 0) is 19.1 Å². The van der Waals surface area contributed by atoms with E-state index < -0.39 is 17.0 Å². The zero-order valence-corrected chi connectivity index (χ0v) is 16.8. The second-order valence-electron chi connectivity index (χ2n) is 7.50. The van der Waals surface area contributed by atoms with Crippen LogP contribution >= 0.6 is 0 Å². The van der Waals surface area contributed by atoms with E-state index in [2.05, 4.69) is 4.99 Å². The van der Waals surface area contributed by atoms with Gasteiger partial charge in [-0.2, -0.15) is 0 Å². The van der Waals surface area contributed by atoms with Gasteiger partial charge in [0.1, 0.15) is 9.84 Å². The van der Waals surface area contributed by atoms with Gasteiger partial charge in [-0.1, -0.05) is 24.3 Å². The van der Waals surface area contributed by atoms with Crippen molar-refractivity contribution in [1.29, 1.82) is 0 Å². The van der Waals surface area contributed by atoms with Crippen LogP contribution in [0.25, 0.3) is 5.57 Å². The van der Waals surface area contributed by atoms with Crippen LogP contribution in [0.15, 0.2) is 35.5 Å². The first kappa shape index (κ1) is 20.7. The molecule has 2 rings (SSSR count). The van der Waals surface area contributed by atoms with Gasteiger partial charge in [-0.25, -0.2) is 8.42 Å². The van der Waals surface area contributed by atoms with Crippen molar-refractivity contribution in [3.05, 3.63) is 36.0 Å². The quantitative estimate of drug-likeness (QED) is 0.597. The van der Waals surface area contributed by atoms with E-state index in [0.29, 0.717) is 0 Å². The zero-order valence-electron chi connectivity index (χ0n) is 16.0. The number of hydrogen-bond acceptors (Lipinski definition) is 6. The number of nitrogens with zero attached hydrogens (tertiary/aromatic N) is 1. The van der Waals surface area contributed by atoms with Gasteiger partial charge >= 0.3 is 7.12 Å². The molecule has 0 saturated carbocycles. The topological polar surface area (TPSA) is 91.0 Å². The Kier molecular flexibility index (Phi) is 6.00. The number of nitrogens with two attached hydrogens (primary N) is 1. The summed E-state index contributed by atoms with van der Waals surface area (Å²) < 4.78 is 34.4. The zero-order chi connectivity index (χ0) is 19.6. The smallest absolute Gasteiger partial charge is 0.404 e. The summed E-state index contributed by atoms with van der Waals surface area (Å²) in [6, 6.07) is 7.71. The van der Waals surface area contributed by atoms with Crippen LogP contribution in [0.4, 0.5) is 0 Å². The molecule has 142 valence electrons. The highest BCUT2D eigenvalue weighted by Gasteiger charge is 2.51. The highest BCUT2D eigenvalue weighted by molar-refractivity contribution is 7.90. The van der Waals surface area contributed by atoms with Crippen LogP contribution in [-0.4, -0.2) is 51.5 Å². The maximum Gasteiger partial charge on any atom is 0.494 e. The molecule has 0 radical (unpaired) electrons. The Morgan fingerprint density at radius 3 is 2.15 bits per heavy atom. The lowest BCUT2D eigenvalue weighted by Crippen LogP contribution is -2.41. The van der Waals surface area contributed by atoms with Crippen molar-refractivity contribution in [2.24, 2.45) is 10.7 Å². The van der Waals surface area contributed by atoms with E-state index in [1.807, 2.05) is 52.0 Å². The van der Waals surface area contributed by atoms with Crippen molar-refractivity contribution < 1.29 is 17.7 Å². The van der Waals surface area contributed by atoms with Gasteiger partial charge in [0.2, 0.25) is 0 Å². The SMILES string of the molecule is CC1(C)OB(c2ccc(C(C=NCCS(C)(=O)=O)=CN)cc2)OC1(C)C. The van der Waals surface area contributed by atoms with Crippen molar-refractivity contribution in [2.45, 2.75) is 38.9 Å². The summed E-state index contributed by atoms with van der Waals surface area (Å²) in [5.41, 5.74) is 7.45. The predicted molar refractivity (Wildman–Crippen MR) is 107 cm³/mol. The molecule has 1 saturated heterocycles. The van der Waals surface area contributed by atoms with Crippen LogP contribution in [0.3, 0.4) is 0 Å². The Labute approximate surface area is 156 Å². The molecule has 0 amide bonds. The fourth-order valence-electron chi connectivity index (χ4n) is 2.41. The van der Waals surface area contributed by atoms with Crippen LogP contribution in [0.1, 0.15) is 33.3 Å². The van der Waals surface area contributed by atoms with Crippen molar-refractivity contribution in [3.8, 4) is 0 Å². The lowest BCUT2D eigenvalue weighted by molar-refractivity contribution is 0.00578. The second kappa shape index (κ2) is 7.54. The average molecular weight is 378 g/mol. The third-order valence-corrected chi connectivity index (χ3v) is 5.69. The molecule has 1 aromatic carbocycles. The molecule has 0 atom stereocenters. The normalized spacial score (nSPS) is 20.0. The molecule has 0 aromatic heterocycles. The van der Waals surface area contributed by atoms with Crippen LogP contribution in [0.5, 0.6) is 0 Å². The van der Waals surface area contributed by atoms with E-state index >= 15 is 0 Å². The third kappa shape index (κ3) is 4.96. The average Bonchev–Trinajstić information content (AvgIpc) is 2.75. The molecule has 0 unspecified atom stereocenters. The first-order valence-corrected chi connectivity index (χ1v) is 10.6. The Morgan fingerprint density at radius 1 is 1.15 bits per heavy atom. The lowest BCUT2D eigenvalue weighted by Gasteiger charge is -2.32. The maximum absolute atomic E-state index is 11.1. The van der Waals surface area contributed by atoms with E-state index in [1.54, 1.807) is 6.21 Å². The molecule has 6 nitrogen and oxygen atoms in total. The standard InChI is InChI=1S/C18H27BN2O4S/c1-17(2)18(3,4)25-19(24-17)16-8-6-14(7-9-16)15(12-20)13-21-10-11-26(5,22)23/h6-9,12-13H,10-11,20H2,1-5H3. The molecule has 1 heterocycles. The van der Waals surface area contributed by atoms with Gasteiger partial charge in [0, 0.05) is 24.2 Å². The molecule has 8 heteroatoms. The van der Waals surface area contributed by atoms with Gasteiger partial charge in [0.25, 0.3) is 0 Å². The van der Waals surface area contributed by atoms with E-state index in [1.165, 1.54) is 12.5 Å². The molecule has 26 heavy (non-hydrogen) atoms. The minimum Gasteiger partial charge on any atom is -0.404 e. The van der Waals surface area contributed by atoms with E-state index in [-0.39, 0.29) is 23.5 Å². The van der Waals surface area contributed by atoms with Gasteiger partial charge in [-0.05, 0) is 38.7 Å². The molecule has 1 aliphatic rings. The van der Waals surface area contributed by atoms with Gasteiger partial charge in [-0.3, -0.25) is 4.99 Å². The summed E-state index contributed by atoms with van der Waals surface area (Å²) in [7, 11) is -3.43. The predicted octanol–water partition coefficient (Wildman–Crippen LogP) is 1.40. The molecule has 0 spiro atoms. The number of allylic oxidation sites excluding steroid dienone is 1. The maximum atomic E-state index is 11.1. The van der Waals surface area contributed by atoms with E-state index in [4.69, 9.17) is 15.0 Å². The lowest BCUT2D eigenvalue weighted by atomic mass is 9.78. The van der Waals surface area contributed by atoms with E-state index in [9.17, 15) is 8.42 Å². The number of hydrogen-bond donors (Lipinski definition) is 1. The van der Waals surface area contributed by atoms with E-state index in [0.717, 1.165) is 16.6 Å². The molecular weight excluding hydrogens is 351 g/mol. The largest absolute Gasteiger partial charge is 0.494 e. The monoisotopic (exact) mass is 378 g/mol. The fraction of sp³-hybridized carbons (Fsp3) is 0.500. The summed E-state index contributed by atoms with van der Waals surface area (Å²) in [4.78, 5) is 4.14. The summed E-state index contributed by atoms with van der Waals surface area (Å²) in [6.07, 6.45) is 4.24. The van der Waals surface area contributed by atoms with Gasteiger partial charge in [0.15, 0.2) is 0 Å². The summed E-state index contributed by atoms with van der Waals surface area (Å²) in [6.45, 7) is 8.28. The van der Waals surface area contributed by atoms with Crippen molar-refractivity contribution in [1.82, 2.24) is 0 Å². The number of aliphatic imine (C=N–C) groups is 1. The third-order valence-electron chi connectivity index (χ3n) is 4.77. The van der Waals surface area contributed by atoms with Crippen LogP contribution < -0.4 is 11.2 Å². The number of benzene rings is 1. The molecule has 1 aromatic rings. The summed E-state index contributed by atoms with van der Waals surface area (Å²) >= 11 is 0. The molecular formula is C18H27BN2O4S. The molecule has 0 aliphatic carbocycles. The minimum absolute atomic E-state index is 0.0161. The highest BCUT2D eigenvalue weighted by atomic mass is 32.2. The summed E-state index contributed by atoms with van der Waals surface area (Å²) in [5.74, 6) is 0.0161. The summed E-state index contributed by atoms with van der Waals surface area (Å²) in [5, 5.41) is 0. The van der Waals surface area contributed by atoms with Gasteiger partial charge in [0.05, 0.1) is 23.5 Å². The Hall–Kier alpha value is -1.64. The first-order valence-electron chi connectivity index (χ1n) is 8.51. The Balaban J connectivity index is 2.08. The van der Waals surface area contributed by atoms with Crippen molar-refractivity contribution >= 4 is 34.2 Å².